The minimum Gasteiger partial charge on any atom is -0.478 e. The fourth-order valence-electron chi connectivity index (χ4n) is 2.83. The molecule has 1 aliphatic heterocycles. The summed E-state index contributed by atoms with van der Waals surface area (Å²) in [5.41, 5.74) is 2.08. The molecule has 1 heterocycles. The Bertz CT molecular complexity index is 832. The third-order valence-corrected chi connectivity index (χ3v) is 4.12. The number of aromatic carboxylic acids is 1. The highest BCUT2D eigenvalue weighted by atomic mass is 16.4. The molecule has 2 aromatic carbocycles. The standard InChI is InChI=1S/C19H18N2O4/c22-17-8-3-9-21(17)16-7-1-4-13(10-16)12-20-18(23)14-5-2-6-15(11-14)19(24)25/h1-2,4-7,10-11H,3,8-9,12H2,(H,20,23)(H,24,25). The van der Waals surface area contributed by atoms with Crippen molar-refractivity contribution in [2.24, 2.45) is 0 Å². The van der Waals surface area contributed by atoms with Crippen LogP contribution in [0.1, 0.15) is 39.1 Å². The summed E-state index contributed by atoms with van der Waals surface area (Å²) in [7, 11) is 0. The molecule has 2 N–H and O–H groups in total. The second-order valence-corrected chi connectivity index (χ2v) is 5.89. The number of benzene rings is 2. The molecule has 0 spiro atoms. The Morgan fingerprint density at radius 2 is 1.84 bits per heavy atom. The van der Waals surface area contributed by atoms with Crippen LogP contribution in [0, 0.1) is 0 Å². The quantitative estimate of drug-likeness (QED) is 0.877. The van der Waals surface area contributed by atoms with Crippen LogP contribution in [0.5, 0.6) is 0 Å². The molecule has 6 heteroatoms. The predicted molar refractivity (Wildman–Crippen MR) is 92.6 cm³/mol. The van der Waals surface area contributed by atoms with Crippen LogP contribution < -0.4 is 10.2 Å². The number of nitrogens with zero attached hydrogens (tertiary/aromatic N) is 1. The van der Waals surface area contributed by atoms with Gasteiger partial charge in [0.05, 0.1) is 5.56 Å². The number of rotatable bonds is 5. The van der Waals surface area contributed by atoms with Crippen LogP contribution in [0.4, 0.5) is 5.69 Å². The van der Waals surface area contributed by atoms with Crippen LogP contribution in [-0.4, -0.2) is 29.4 Å². The first kappa shape index (κ1) is 16.7. The van der Waals surface area contributed by atoms with E-state index in [0.29, 0.717) is 18.5 Å². The van der Waals surface area contributed by atoms with E-state index in [9.17, 15) is 14.4 Å². The Hall–Kier alpha value is -3.15. The van der Waals surface area contributed by atoms with Gasteiger partial charge in [-0.1, -0.05) is 18.2 Å². The lowest BCUT2D eigenvalue weighted by molar-refractivity contribution is -0.117. The summed E-state index contributed by atoms with van der Waals surface area (Å²) in [4.78, 5) is 36.8. The van der Waals surface area contributed by atoms with Crippen molar-refractivity contribution in [1.82, 2.24) is 5.32 Å². The third kappa shape index (κ3) is 3.85. The molecule has 25 heavy (non-hydrogen) atoms. The van der Waals surface area contributed by atoms with Crippen molar-refractivity contribution in [2.75, 3.05) is 11.4 Å². The lowest BCUT2D eigenvalue weighted by Gasteiger charge is -2.16. The zero-order valence-electron chi connectivity index (χ0n) is 13.6. The summed E-state index contributed by atoms with van der Waals surface area (Å²) in [5, 5.41) is 11.8. The molecule has 1 saturated heterocycles. The monoisotopic (exact) mass is 338 g/mol. The molecular formula is C19H18N2O4. The molecule has 3 rings (SSSR count). The number of anilines is 1. The fraction of sp³-hybridized carbons (Fsp3) is 0.211. The van der Waals surface area contributed by atoms with Gasteiger partial charge in [-0.3, -0.25) is 9.59 Å². The highest BCUT2D eigenvalue weighted by molar-refractivity contribution is 5.97. The van der Waals surface area contributed by atoms with E-state index in [-0.39, 0.29) is 17.4 Å². The molecule has 0 saturated carbocycles. The molecule has 2 amide bonds. The highest BCUT2D eigenvalue weighted by Crippen LogP contribution is 2.22. The number of carboxylic acids is 1. The molecule has 0 aliphatic carbocycles. The molecule has 0 aromatic heterocycles. The number of carbonyl (C=O) groups excluding carboxylic acids is 2. The van der Waals surface area contributed by atoms with E-state index >= 15 is 0 Å². The van der Waals surface area contributed by atoms with Crippen LogP contribution in [0.3, 0.4) is 0 Å². The normalized spacial score (nSPS) is 13.8. The first-order valence-electron chi connectivity index (χ1n) is 8.05. The van der Waals surface area contributed by atoms with Crippen molar-refractivity contribution in [3.8, 4) is 0 Å². The van der Waals surface area contributed by atoms with Crippen LogP contribution in [0.25, 0.3) is 0 Å². The van der Waals surface area contributed by atoms with Gasteiger partial charge < -0.3 is 15.3 Å². The minimum atomic E-state index is -1.07. The third-order valence-electron chi connectivity index (χ3n) is 4.12. The van der Waals surface area contributed by atoms with Gasteiger partial charge in [-0.25, -0.2) is 4.79 Å². The summed E-state index contributed by atoms with van der Waals surface area (Å²) in [6.07, 6.45) is 1.43. The van der Waals surface area contributed by atoms with Crippen molar-refractivity contribution >= 4 is 23.5 Å². The van der Waals surface area contributed by atoms with Crippen molar-refractivity contribution < 1.29 is 19.5 Å². The van der Waals surface area contributed by atoms with Crippen molar-refractivity contribution in [2.45, 2.75) is 19.4 Å². The van der Waals surface area contributed by atoms with Gasteiger partial charge in [-0.05, 0) is 42.3 Å². The molecule has 0 atom stereocenters. The number of carbonyl (C=O) groups is 3. The molecule has 0 unspecified atom stereocenters. The summed E-state index contributed by atoms with van der Waals surface area (Å²) < 4.78 is 0. The second-order valence-electron chi connectivity index (χ2n) is 5.89. The number of amides is 2. The summed E-state index contributed by atoms with van der Waals surface area (Å²) in [6, 6.07) is 13.4. The molecular weight excluding hydrogens is 320 g/mol. The van der Waals surface area contributed by atoms with Gasteiger partial charge in [-0.2, -0.15) is 0 Å². The molecule has 0 radical (unpaired) electrons. The summed E-state index contributed by atoms with van der Waals surface area (Å²) in [6.45, 7) is 1.02. The molecule has 2 aromatic rings. The molecule has 1 aliphatic rings. The summed E-state index contributed by atoms with van der Waals surface area (Å²) >= 11 is 0. The Labute approximate surface area is 145 Å². The largest absolute Gasteiger partial charge is 0.478 e. The van der Waals surface area contributed by atoms with Crippen LogP contribution in [0.2, 0.25) is 0 Å². The Morgan fingerprint density at radius 1 is 1.08 bits per heavy atom. The predicted octanol–water partition coefficient (Wildman–Crippen LogP) is 2.44. The zero-order chi connectivity index (χ0) is 17.8. The molecule has 128 valence electrons. The first-order chi connectivity index (χ1) is 12.0. The van der Waals surface area contributed by atoms with Gasteiger partial charge in [0, 0.05) is 30.8 Å². The highest BCUT2D eigenvalue weighted by Gasteiger charge is 2.21. The number of hydrogen-bond donors (Lipinski definition) is 2. The maximum atomic E-state index is 12.2. The van der Waals surface area contributed by atoms with Crippen molar-refractivity contribution in [3.63, 3.8) is 0 Å². The number of carboxylic acid groups (broad SMARTS) is 1. The van der Waals surface area contributed by atoms with Crippen LogP contribution >= 0.6 is 0 Å². The number of nitrogens with one attached hydrogen (secondary N) is 1. The molecule has 6 nitrogen and oxygen atoms in total. The van der Waals surface area contributed by atoms with E-state index in [4.69, 9.17) is 5.11 Å². The van der Waals surface area contributed by atoms with Gasteiger partial charge in [0.25, 0.3) is 5.91 Å². The fourth-order valence-corrected chi connectivity index (χ4v) is 2.83. The molecule has 1 fully saturated rings. The Kier molecular flexibility index (Phi) is 4.79. The maximum Gasteiger partial charge on any atom is 0.335 e. The lowest BCUT2D eigenvalue weighted by atomic mass is 10.1. The first-order valence-corrected chi connectivity index (χ1v) is 8.05. The lowest BCUT2D eigenvalue weighted by Crippen LogP contribution is -2.25. The van der Waals surface area contributed by atoms with Crippen molar-refractivity contribution in [3.05, 3.63) is 65.2 Å². The van der Waals surface area contributed by atoms with Gasteiger partial charge >= 0.3 is 5.97 Å². The van der Waals surface area contributed by atoms with E-state index in [2.05, 4.69) is 5.32 Å². The van der Waals surface area contributed by atoms with Gasteiger partial charge in [0.15, 0.2) is 0 Å². The topological polar surface area (TPSA) is 86.7 Å². The van der Waals surface area contributed by atoms with Crippen molar-refractivity contribution in [1.29, 1.82) is 0 Å². The molecule has 0 bridgehead atoms. The average Bonchev–Trinajstić information content (AvgIpc) is 3.06. The number of hydrogen-bond acceptors (Lipinski definition) is 3. The smallest absolute Gasteiger partial charge is 0.335 e. The van der Waals surface area contributed by atoms with Crippen LogP contribution in [-0.2, 0) is 11.3 Å². The van der Waals surface area contributed by atoms with Crippen LogP contribution in [0.15, 0.2) is 48.5 Å². The van der Waals surface area contributed by atoms with E-state index < -0.39 is 5.97 Å². The SMILES string of the molecule is O=C(O)c1cccc(C(=O)NCc2cccc(N3CCCC3=O)c2)c1. The maximum absolute atomic E-state index is 12.2. The van der Waals surface area contributed by atoms with Gasteiger partial charge in [-0.15, -0.1) is 0 Å². The van der Waals surface area contributed by atoms with Gasteiger partial charge in [0.2, 0.25) is 5.91 Å². The zero-order valence-corrected chi connectivity index (χ0v) is 13.6. The van der Waals surface area contributed by atoms with E-state index in [1.807, 2.05) is 24.3 Å². The second kappa shape index (κ2) is 7.17. The summed E-state index contributed by atoms with van der Waals surface area (Å²) in [5.74, 6) is -1.30. The minimum absolute atomic E-state index is 0.0715. The Morgan fingerprint density at radius 3 is 2.56 bits per heavy atom. The van der Waals surface area contributed by atoms with E-state index in [0.717, 1.165) is 24.2 Å². The average molecular weight is 338 g/mol. The Balaban J connectivity index is 1.67. The van der Waals surface area contributed by atoms with E-state index in [1.165, 1.54) is 18.2 Å². The van der Waals surface area contributed by atoms with Gasteiger partial charge in [0.1, 0.15) is 0 Å². The van der Waals surface area contributed by atoms with E-state index in [1.54, 1.807) is 11.0 Å².